The van der Waals surface area contributed by atoms with Gasteiger partial charge in [0.25, 0.3) is 0 Å². The highest BCUT2D eigenvalue weighted by atomic mass is 79.9. The molecule has 0 aliphatic heterocycles. The van der Waals surface area contributed by atoms with E-state index >= 15 is 0 Å². The van der Waals surface area contributed by atoms with Crippen molar-refractivity contribution < 1.29 is 9.47 Å². The van der Waals surface area contributed by atoms with Crippen molar-refractivity contribution in [3.05, 3.63) is 64.1 Å². The smallest absolute Gasteiger partial charge is 0.175 e. The Morgan fingerprint density at radius 1 is 1.38 bits per heavy atom. The quantitative estimate of drug-likeness (QED) is 0.374. The van der Waals surface area contributed by atoms with Crippen LogP contribution in [0.4, 0.5) is 0 Å². The number of thiazole rings is 1. The fraction of sp³-hybridized carbons (Fsp3) is 0.100. The highest BCUT2D eigenvalue weighted by molar-refractivity contribution is 9.10. The highest BCUT2D eigenvalue weighted by Crippen LogP contribution is 2.38. The fourth-order valence-electron chi connectivity index (χ4n) is 2.40. The molecule has 0 fully saturated rings. The highest BCUT2D eigenvalue weighted by Gasteiger charge is 2.13. The molecule has 0 N–H and O–H groups in total. The molecule has 1 aromatic heterocycles. The second-order valence-corrected chi connectivity index (χ2v) is 7.18. The van der Waals surface area contributed by atoms with Gasteiger partial charge in [0.15, 0.2) is 11.5 Å². The number of methoxy groups -OCH3 is 1. The first kappa shape index (κ1) is 18.2. The summed E-state index contributed by atoms with van der Waals surface area (Å²) in [4.78, 5) is 4.55. The van der Waals surface area contributed by atoms with Gasteiger partial charge < -0.3 is 9.47 Å². The van der Waals surface area contributed by atoms with Gasteiger partial charge in [-0.3, -0.25) is 0 Å². The summed E-state index contributed by atoms with van der Waals surface area (Å²) >= 11 is 5.00. The van der Waals surface area contributed by atoms with Gasteiger partial charge in [-0.25, -0.2) is 4.98 Å². The van der Waals surface area contributed by atoms with Gasteiger partial charge in [0, 0.05) is 0 Å². The van der Waals surface area contributed by atoms with E-state index in [1.54, 1.807) is 19.3 Å². The summed E-state index contributed by atoms with van der Waals surface area (Å²) in [6.45, 7) is 4.02. The Morgan fingerprint density at radius 2 is 2.19 bits per heavy atom. The average Bonchev–Trinajstić information content (AvgIpc) is 3.08. The molecule has 1 heterocycles. The van der Waals surface area contributed by atoms with Crippen LogP contribution in [-0.2, 0) is 0 Å². The van der Waals surface area contributed by atoms with E-state index in [0.29, 0.717) is 28.7 Å². The van der Waals surface area contributed by atoms with Gasteiger partial charge in [-0.05, 0) is 51.8 Å². The maximum absolute atomic E-state index is 9.60. The van der Waals surface area contributed by atoms with Crippen molar-refractivity contribution in [2.75, 3.05) is 13.7 Å². The summed E-state index contributed by atoms with van der Waals surface area (Å²) in [7, 11) is 1.58. The lowest BCUT2D eigenvalue weighted by Crippen LogP contribution is -1.97. The lowest BCUT2D eigenvalue weighted by atomic mass is 10.1. The van der Waals surface area contributed by atoms with Crippen LogP contribution >= 0.6 is 27.3 Å². The zero-order valence-corrected chi connectivity index (χ0v) is 16.4. The Labute approximate surface area is 164 Å². The summed E-state index contributed by atoms with van der Waals surface area (Å²) in [5.74, 6) is 1.18. The average molecular weight is 427 g/mol. The van der Waals surface area contributed by atoms with Gasteiger partial charge in [0.1, 0.15) is 17.7 Å². The van der Waals surface area contributed by atoms with Crippen LogP contribution in [0.15, 0.2) is 53.5 Å². The van der Waals surface area contributed by atoms with E-state index in [2.05, 4.69) is 33.6 Å². The number of aromatic nitrogens is 1. The van der Waals surface area contributed by atoms with E-state index in [0.717, 1.165) is 20.3 Å². The maximum atomic E-state index is 9.60. The molecule has 0 atom stereocenters. The van der Waals surface area contributed by atoms with E-state index < -0.39 is 0 Å². The van der Waals surface area contributed by atoms with Crippen LogP contribution in [0.5, 0.6) is 11.5 Å². The first-order valence-corrected chi connectivity index (χ1v) is 9.36. The number of nitrogens with zero attached hydrogens (tertiary/aromatic N) is 2. The summed E-state index contributed by atoms with van der Waals surface area (Å²) in [5, 5.41) is 10.3. The molecular formula is C20H15BrN2O2S. The SMILES string of the molecule is C=CCOc1c(Br)cc(/C=C(\C#N)c2nc3ccccc3s2)cc1OC. The Morgan fingerprint density at radius 3 is 2.88 bits per heavy atom. The van der Waals surface area contributed by atoms with E-state index in [-0.39, 0.29) is 0 Å². The minimum atomic E-state index is 0.374. The molecule has 130 valence electrons. The van der Waals surface area contributed by atoms with Gasteiger partial charge in [0.05, 0.1) is 27.4 Å². The molecule has 26 heavy (non-hydrogen) atoms. The number of ether oxygens (including phenoxy) is 2. The van der Waals surface area contributed by atoms with Crippen LogP contribution in [0, 0.1) is 11.3 Å². The summed E-state index contributed by atoms with van der Waals surface area (Å²) < 4.78 is 12.8. The van der Waals surface area contributed by atoms with E-state index in [1.807, 2.05) is 36.4 Å². The molecule has 3 rings (SSSR count). The van der Waals surface area contributed by atoms with E-state index in [4.69, 9.17) is 9.47 Å². The normalized spacial score (nSPS) is 11.2. The van der Waals surface area contributed by atoms with Crippen molar-refractivity contribution in [2.24, 2.45) is 0 Å². The third-order valence-electron chi connectivity index (χ3n) is 3.55. The largest absolute Gasteiger partial charge is 0.493 e. The molecule has 0 saturated heterocycles. The van der Waals surface area contributed by atoms with Crippen LogP contribution in [-0.4, -0.2) is 18.7 Å². The van der Waals surface area contributed by atoms with Gasteiger partial charge in [-0.15, -0.1) is 11.3 Å². The molecule has 0 saturated carbocycles. The topological polar surface area (TPSA) is 55.1 Å². The lowest BCUT2D eigenvalue weighted by Gasteiger charge is -2.12. The molecule has 0 aliphatic carbocycles. The number of nitriles is 1. The number of hydrogen-bond acceptors (Lipinski definition) is 5. The molecule has 6 heteroatoms. The third-order valence-corrected chi connectivity index (χ3v) is 5.21. The lowest BCUT2D eigenvalue weighted by molar-refractivity contribution is 0.324. The maximum Gasteiger partial charge on any atom is 0.175 e. The Balaban J connectivity index is 2.02. The predicted molar refractivity (Wildman–Crippen MR) is 109 cm³/mol. The summed E-state index contributed by atoms with van der Waals surface area (Å²) in [6, 6.07) is 13.8. The number of fused-ring (bicyclic) bond motifs is 1. The second-order valence-electron chi connectivity index (χ2n) is 5.29. The van der Waals surface area contributed by atoms with Gasteiger partial charge in [0.2, 0.25) is 0 Å². The van der Waals surface area contributed by atoms with Crippen molar-refractivity contribution in [1.82, 2.24) is 4.98 Å². The Hall–Kier alpha value is -2.62. The molecule has 0 unspecified atom stereocenters. The van der Waals surface area contributed by atoms with Crippen molar-refractivity contribution in [3.63, 3.8) is 0 Å². The van der Waals surface area contributed by atoms with Crippen molar-refractivity contribution in [3.8, 4) is 17.6 Å². The van der Waals surface area contributed by atoms with Gasteiger partial charge in [-0.2, -0.15) is 5.26 Å². The second kappa shape index (κ2) is 8.17. The van der Waals surface area contributed by atoms with Crippen molar-refractivity contribution in [2.45, 2.75) is 0 Å². The van der Waals surface area contributed by atoms with Crippen molar-refractivity contribution >= 4 is 49.1 Å². The molecule has 0 aliphatic rings. The first-order chi connectivity index (χ1) is 12.7. The Bertz CT molecular complexity index is 1000. The minimum absolute atomic E-state index is 0.374. The standard InChI is InChI=1S/C20H15BrN2O2S/c1-3-8-25-19-15(21)10-13(11-17(19)24-2)9-14(12-22)20-23-16-6-4-5-7-18(16)26-20/h3-7,9-11H,1,8H2,2H3/b14-9+. The zero-order chi connectivity index (χ0) is 18.5. The molecular weight excluding hydrogens is 412 g/mol. The monoisotopic (exact) mass is 426 g/mol. The molecule has 0 radical (unpaired) electrons. The number of para-hydroxylation sites is 1. The van der Waals surface area contributed by atoms with Gasteiger partial charge in [-0.1, -0.05) is 24.8 Å². The summed E-state index contributed by atoms with van der Waals surface area (Å²) in [5.41, 5.74) is 2.20. The number of rotatable bonds is 6. The number of benzene rings is 2. The van der Waals surface area contributed by atoms with Crippen molar-refractivity contribution in [1.29, 1.82) is 5.26 Å². The van der Waals surface area contributed by atoms with Crippen LogP contribution < -0.4 is 9.47 Å². The number of allylic oxidation sites excluding steroid dienone is 1. The van der Waals surface area contributed by atoms with E-state index in [9.17, 15) is 5.26 Å². The molecule has 0 bridgehead atoms. The summed E-state index contributed by atoms with van der Waals surface area (Å²) in [6.07, 6.45) is 3.46. The molecule has 3 aromatic rings. The molecule has 0 spiro atoms. The van der Waals surface area contributed by atoms with E-state index in [1.165, 1.54) is 11.3 Å². The van der Waals surface area contributed by atoms with Crippen LogP contribution in [0.2, 0.25) is 0 Å². The minimum Gasteiger partial charge on any atom is -0.493 e. The molecule has 2 aromatic carbocycles. The first-order valence-electron chi connectivity index (χ1n) is 7.75. The molecule has 0 amide bonds. The number of halogens is 1. The molecule has 4 nitrogen and oxygen atoms in total. The van der Waals surface area contributed by atoms with Crippen LogP contribution in [0.25, 0.3) is 21.9 Å². The van der Waals surface area contributed by atoms with Crippen LogP contribution in [0.1, 0.15) is 10.6 Å². The Kier molecular flexibility index (Phi) is 5.71. The third kappa shape index (κ3) is 3.79. The number of hydrogen-bond donors (Lipinski definition) is 0. The van der Waals surface area contributed by atoms with Gasteiger partial charge >= 0.3 is 0 Å². The van der Waals surface area contributed by atoms with Crippen LogP contribution in [0.3, 0.4) is 0 Å². The predicted octanol–water partition coefficient (Wildman–Crippen LogP) is 5.70. The zero-order valence-electron chi connectivity index (χ0n) is 14.0. The fourth-order valence-corrected chi connectivity index (χ4v) is 3.91.